The maximum Gasteiger partial charge on any atom is 0.321 e. The number of rotatable bonds is 8. The summed E-state index contributed by atoms with van der Waals surface area (Å²) < 4.78 is 5.52. The standard InChI is InChI=1S/C24H20N6O4/c1-16(20-5-2-3-12-25-20)28-21-11-6-17(15-22(21)30(32)33)23(31)29-18-7-9-19(10-8-18)34-24-26-13-4-14-27-24/h2-16,28H,1H3,(H,29,31). The van der Waals surface area contributed by atoms with Gasteiger partial charge in [0.25, 0.3) is 11.6 Å². The molecule has 2 heterocycles. The van der Waals surface area contributed by atoms with Gasteiger partial charge in [0.05, 0.1) is 16.7 Å². The zero-order valence-electron chi connectivity index (χ0n) is 18.1. The van der Waals surface area contributed by atoms with Crippen LogP contribution in [0.25, 0.3) is 0 Å². The molecule has 1 amide bonds. The lowest BCUT2D eigenvalue weighted by molar-refractivity contribution is -0.384. The lowest BCUT2D eigenvalue weighted by Crippen LogP contribution is -2.14. The second-order valence-corrected chi connectivity index (χ2v) is 7.22. The van der Waals surface area contributed by atoms with Crippen molar-refractivity contribution in [2.75, 3.05) is 10.6 Å². The van der Waals surface area contributed by atoms with Crippen LogP contribution in [-0.2, 0) is 0 Å². The molecule has 0 bridgehead atoms. The number of amides is 1. The van der Waals surface area contributed by atoms with Crippen LogP contribution in [0.2, 0.25) is 0 Å². The summed E-state index contributed by atoms with van der Waals surface area (Å²) in [6, 6.07) is 18.0. The number of nitro groups is 1. The highest BCUT2D eigenvalue weighted by atomic mass is 16.6. The van der Waals surface area contributed by atoms with Gasteiger partial charge in [-0.2, -0.15) is 0 Å². The second-order valence-electron chi connectivity index (χ2n) is 7.22. The van der Waals surface area contributed by atoms with E-state index in [1.807, 2.05) is 19.1 Å². The number of aromatic nitrogens is 3. The molecule has 2 aromatic heterocycles. The van der Waals surface area contributed by atoms with E-state index in [9.17, 15) is 14.9 Å². The molecule has 4 rings (SSSR count). The second kappa shape index (κ2) is 10.2. The molecule has 0 aliphatic heterocycles. The van der Waals surface area contributed by atoms with Gasteiger partial charge >= 0.3 is 6.01 Å². The van der Waals surface area contributed by atoms with E-state index in [0.717, 1.165) is 5.69 Å². The van der Waals surface area contributed by atoms with E-state index in [0.29, 0.717) is 17.1 Å². The third-order valence-electron chi connectivity index (χ3n) is 4.82. The maximum atomic E-state index is 12.7. The number of nitrogens with one attached hydrogen (secondary N) is 2. The number of nitrogens with zero attached hydrogens (tertiary/aromatic N) is 4. The lowest BCUT2D eigenvalue weighted by atomic mass is 10.1. The van der Waals surface area contributed by atoms with Crippen LogP contribution < -0.4 is 15.4 Å². The molecule has 10 heteroatoms. The van der Waals surface area contributed by atoms with E-state index in [2.05, 4.69) is 25.6 Å². The molecule has 10 nitrogen and oxygen atoms in total. The molecule has 170 valence electrons. The molecular weight excluding hydrogens is 436 g/mol. The summed E-state index contributed by atoms with van der Waals surface area (Å²) in [5, 5.41) is 17.5. The van der Waals surface area contributed by atoms with Gasteiger partial charge in [0.15, 0.2) is 0 Å². The maximum absolute atomic E-state index is 12.7. The van der Waals surface area contributed by atoms with Gasteiger partial charge in [0, 0.05) is 35.9 Å². The highest BCUT2D eigenvalue weighted by Gasteiger charge is 2.20. The van der Waals surface area contributed by atoms with Crippen molar-refractivity contribution < 1.29 is 14.5 Å². The van der Waals surface area contributed by atoms with Gasteiger partial charge in [0.1, 0.15) is 11.4 Å². The smallest absolute Gasteiger partial charge is 0.321 e. The summed E-state index contributed by atoms with van der Waals surface area (Å²) in [4.78, 5) is 36.1. The molecular formula is C24H20N6O4. The van der Waals surface area contributed by atoms with Crippen LogP contribution in [0, 0.1) is 10.1 Å². The Morgan fingerprint density at radius 3 is 2.38 bits per heavy atom. The number of carbonyl (C=O) groups excluding carboxylic acids is 1. The van der Waals surface area contributed by atoms with Crippen molar-refractivity contribution in [1.82, 2.24) is 15.0 Å². The Labute approximate surface area is 194 Å². The number of hydrogen-bond donors (Lipinski definition) is 2. The lowest BCUT2D eigenvalue weighted by Gasteiger charge is -2.15. The van der Waals surface area contributed by atoms with Crippen molar-refractivity contribution in [2.45, 2.75) is 13.0 Å². The topological polar surface area (TPSA) is 132 Å². The van der Waals surface area contributed by atoms with Crippen molar-refractivity contribution in [1.29, 1.82) is 0 Å². The summed E-state index contributed by atoms with van der Waals surface area (Å²) in [6.07, 6.45) is 4.79. The van der Waals surface area contributed by atoms with Crippen molar-refractivity contribution in [2.24, 2.45) is 0 Å². The molecule has 0 radical (unpaired) electrons. The Bertz CT molecular complexity index is 1280. The number of benzene rings is 2. The molecule has 0 aliphatic rings. The van der Waals surface area contributed by atoms with Gasteiger partial charge < -0.3 is 15.4 Å². The van der Waals surface area contributed by atoms with E-state index in [1.54, 1.807) is 55.0 Å². The Morgan fingerprint density at radius 2 is 1.71 bits per heavy atom. The quantitative estimate of drug-likeness (QED) is 0.280. The molecule has 0 aliphatic carbocycles. The van der Waals surface area contributed by atoms with E-state index in [-0.39, 0.29) is 23.3 Å². The minimum atomic E-state index is -0.526. The minimum absolute atomic E-state index is 0.153. The van der Waals surface area contributed by atoms with E-state index in [1.165, 1.54) is 18.2 Å². The van der Waals surface area contributed by atoms with Crippen LogP contribution in [0.4, 0.5) is 17.1 Å². The molecule has 0 saturated carbocycles. The summed E-state index contributed by atoms with van der Waals surface area (Å²) in [5.41, 5.74) is 1.48. The van der Waals surface area contributed by atoms with Gasteiger partial charge in [-0.15, -0.1) is 0 Å². The molecule has 2 aromatic carbocycles. The monoisotopic (exact) mass is 456 g/mol. The van der Waals surface area contributed by atoms with Crippen molar-refractivity contribution in [3.05, 3.63) is 107 Å². The third kappa shape index (κ3) is 5.49. The van der Waals surface area contributed by atoms with Crippen LogP contribution in [0.5, 0.6) is 11.8 Å². The Hall–Kier alpha value is -4.86. The molecule has 0 saturated heterocycles. The first-order valence-corrected chi connectivity index (χ1v) is 10.3. The third-order valence-corrected chi connectivity index (χ3v) is 4.82. The number of nitro benzene ring substituents is 1. The SMILES string of the molecule is CC(Nc1ccc(C(=O)Nc2ccc(Oc3ncccn3)cc2)cc1[N+](=O)[O-])c1ccccn1. The van der Waals surface area contributed by atoms with Crippen LogP contribution in [0.3, 0.4) is 0 Å². The van der Waals surface area contributed by atoms with Crippen LogP contribution in [0.15, 0.2) is 85.3 Å². The van der Waals surface area contributed by atoms with Crippen LogP contribution in [0.1, 0.15) is 29.0 Å². The summed E-state index contributed by atoms with van der Waals surface area (Å²) in [7, 11) is 0. The zero-order valence-corrected chi connectivity index (χ0v) is 18.1. The van der Waals surface area contributed by atoms with Crippen molar-refractivity contribution in [3.8, 4) is 11.8 Å². The first kappa shape index (κ1) is 22.3. The first-order valence-electron chi connectivity index (χ1n) is 10.3. The van der Waals surface area contributed by atoms with Gasteiger partial charge in [-0.25, -0.2) is 9.97 Å². The summed E-state index contributed by atoms with van der Waals surface area (Å²) >= 11 is 0. The molecule has 1 atom stereocenters. The van der Waals surface area contributed by atoms with Gasteiger partial charge in [0.2, 0.25) is 0 Å². The average Bonchev–Trinajstić information content (AvgIpc) is 2.86. The van der Waals surface area contributed by atoms with E-state index >= 15 is 0 Å². The Balaban J connectivity index is 1.45. The number of ether oxygens (including phenoxy) is 1. The largest absolute Gasteiger partial charge is 0.424 e. The highest BCUT2D eigenvalue weighted by molar-refractivity contribution is 6.05. The van der Waals surface area contributed by atoms with Gasteiger partial charge in [-0.1, -0.05) is 6.07 Å². The number of carbonyl (C=O) groups is 1. The Morgan fingerprint density at radius 1 is 0.971 bits per heavy atom. The molecule has 1 unspecified atom stereocenters. The highest BCUT2D eigenvalue weighted by Crippen LogP contribution is 2.29. The number of hydrogen-bond acceptors (Lipinski definition) is 8. The van der Waals surface area contributed by atoms with Gasteiger partial charge in [-0.05, 0) is 61.5 Å². The fourth-order valence-electron chi connectivity index (χ4n) is 3.14. The average molecular weight is 456 g/mol. The minimum Gasteiger partial charge on any atom is -0.424 e. The summed E-state index contributed by atoms with van der Waals surface area (Å²) in [6.45, 7) is 1.85. The fourth-order valence-corrected chi connectivity index (χ4v) is 3.14. The molecule has 4 aromatic rings. The number of pyridine rings is 1. The van der Waals surface area contributed by atoms with E-state index in [4.69, 9.17) is 4.74 Å². The predicted octanol–water partition coefficient (Wildman–Crippen LogP) is 5.00. The van der Waals surface area contributed by atoms with Crippen LogP contribution >= 0.6 is 0 Å². The molecule has 0 spiro atoms. The van der Waals surface area contributed by atoms with Crippen molar-refractivity contribution >= 4 is 23.0 Å². The zero-order chi connectivity index (χ0) is 23.9. The Kier molecular flexibility index (Phi) is 6.68. The molecule has 0 fully saturated rings. The molecule has 34 heavy (non-hydrogen) atoms. The van der Waals surface area contributed by atoms with Crippen LogP contribution in [-0.4, -0.2) is 25.8 Å². The fraction of sp³-hybridized carbons (Fsp3) is 0.0833. The predicted molar refractivity (Wildman–Crippen MR) is 126 cm³/mol. The molecule has 2 N–H and O–H groups in total. The van der Waals surface area contributed by atoms with Gasteiger partial charge in [-0.3, -0.25) is 19.9 Å². The number of anilines is 2. The van der Waals surface area contributed by atoms with Crippen molar-refractivity contribution in [3.63, 3.8) is 0 Å². The first-order chi connectivity index (χ1) is 16.5. The normalized spacial score (nSPS) is 11.3. The summed E-state index contributed by atoms with van der Waals surface area (Å²) in [5.74, 6) is 0.0183. The van der Waals surface area contributed by atoms with E-state index < -0.39 is 10.8 Å².